The highest BCUT2D eigenvalue weighted by atomic mass is 32.2. The number of hydrogen-bond acceptors (Lipinski definition) is 5. The van der Waals surface area contributed by atoms with Crippen LogP contribution in [0.2, 0.25) is 0 Å². The van der Waals surface area contributed by atoms with Crippen molar-refractivity contribution in [3.8, 4) is 11.5 Å². The van der Waals surface area contributed by atoms with Gasteiger partial charge in [0.25, 0.3) is 5.91 Å². The van der Waals surface area contributed by atoms with E-state index < -0.39 is 0 Å². The van der Waals surface area contributed by atoms with Crippen LogP contribution in [0.3, 0.4) is 0 Å². The van der Waals surface area contributed by atoms with Gasteiger partial charge in [-0.1, -0.05) is 17.8 Å². The highest BCUT2D eigenvalue weighted by molar-refractivity contribution is 7.98. The summed E-state index contributed by atoms with van der Waals surface area (Å²) in [5, 5.41) is 3.73. The molecule has 3 heterocycles. The molecule has 0 fully saturated rings. The molecular formula is C20H21N3O3S. The van der Waals surface area contributed by atoms with Gasteiger partial charge >= 0.3 is 0 Å². The summed E-state index contributed by atoms with van der Waals surface area (Å²) in [5.41, 5.74) is 2.85. The van der Waals surface area contributed by atoms with Gasteiger partial charge in [0.05, 0.1) is 17.8 Å². The van der Waals surface area contributed by atoms with E-state index in [0.29, 0.717) is 23.7 Å². The number of imidazole rings is 1. The number of ether oxygens (including phenoxy) is 2. The van der Waals surface area contributed by atoms with Gasteiger partial charge in [-0.2, -0.15) is 0 Å². The second-order valence-electron chi connectivity index (χ2n) is 6.38. The van der Waals surface area contributed by atoms with Crippen LogP contribution in [0.15, 0.2) is 41.7 Å². The number of benzene rings is 1. The Kier molecular flexibility index (Phi) is 4.70. The third-order valence-electron chi connectivity index (χ3n) is 4.46. The Labute approximate surface area is 161 Å². The number of nitrogens with zero attached hydrogens (tertiary/aromatic N) is 2. The summed E-state index contributed by atoms with van der Waals surface area (Å²) in [6, 6.07) is 9.50. The van der Waals surface area contributed by atoms with Gasteiger partial charge in [0, 0.05) is 24.2 Å². The van der Waals surface area contributed by atoms with Gasteiger partial charge < -0.3 is 14.8 Å². The van der Waals surface area contributed by atoms with Crippen molar-refractivity contribution in [1.82, 2.24) is 9.38 Å². The molecule has 2 aromatic heterocycles. The average Bonchev–Trinajstić information content (AvgIpc) is 3.21. The van der Waals surface area contributed by atoms with E-state index in [0.717, 1.165) is 28.4 Å². The molecule has 0 unspecified atom stereocenters. The first kappa shape index (κ1) is 17.7. The molecule has 4 rings (SSSR count). The number of thioether (sulfide) groups is 1. The summed E-state index contributed by atoms with van der Waals surface area (Å²) in [4.78, 5) is 17.5. The minimum Gasteiger partial charge on any atom is -0.492 e. The van der Waals surface area contributed by atoms with Gasteiger partial charge in [-0.05, 0) is 38.3 Å². The van der Waals surface area contributed by atoms with Gasteiger partial charge in [0.2, 0.25) is 0 Å². The van der Waals surface area contributed by atoms with Crippen LogP contribution in [-0.4, -0.2) is 34.3 Å². The van der Waals surface area contributed by atoms with Crippen molar-refractivity contribution in [2.24, 2.45) is 0 Å². The molecule has 7 heteroatoms. The zero-order valence-corrected chi connectivity index (χ0v) is 16.3. The molecule has 1 aromatic carbocycles. The minimum atomic E-state index is -0.272. The third-order valence-corrected chi connectivity index (χ3v) is 5.11. The largest absolute Gasteiger partial charge is 0.492 e. The third kappa shape index (κ3) is 3.23. The predicted molar refractivity (Wildman–Crippen MR) is 106 cm³/mol. The predicted octanol–water partition coefficient (Wildman–Crippen LogP) is 4.03. The van der Waals surface area contributed by atoms with Crippen molar-refractivity contribution < 1.29 is 14.3 Å². The number of aromatic nitrogens is 2. The highest BCUT2D eigenvalue weighted by Crippen LogP contribution is 2.38. The zero-order valence-electron chi connectivity index (χ0n) is 15.5. The van der Waals surface area contributed by atoms with E-state index in [2.05, 4.69) is 10.3 Å². The van der Waals surface area contributed by atoms with E-state index in [1.165, 1.54) is 11.8 Å². The molecule has 0 saturated heterocycles. The zero-order chi connectivity index (χ0) is 19.0. The van der Waals surface area contributed by atoms with Crippen molar-refractivity contribution >= 4 is 28.9 Å². The van der Waals surface area contributed by atoms with Crippen LogP contribution < -0.4 is 14.8 Å². The fourth-order valence-electron chi connectivity index (χ4n) is 3.31. The Morgan fingerprint density at radius 1 is 1.44 bits per heavy atom. The highest BCUT2D eigenvalue weighted by Gasteiger charge is 2.24. The maximum Gasteiger partial charge on any atom is 0.276 e. The summed E-state index contributed by atoms with van der Waals surface area (Å²) in [6.45, 7) is 4.47. The lowest BCUT2D eigenvalue weighted by atomic mass is 10.1. The number of rotatable bonds is 5. The molecule has 1 atom stereocenters. The molecule has 1 N–H and O–H groups in total. The molecule has 0 radical (unpaired) electrons. The summed E-state index contributed by atoms with van der Waals surface area (Å²) in [6.07, 6.45) is 4.81. The Balaban J connectivity index is 1.70. The van der Waals surface area contributed by atoms with Gasteiger partial charge in [-0.3, -0.25) is 9.20 Å². The van der Waals surface area contributed by atoms with Crippen molar-refractivity contribution in [1.29, 1.82) is 0 Å². The van der Waals surface area contributed by atoms with E-state index in [-0.39, 0.29) is 12.0 Å². The first-order chi connectivity index (χ1) is 13.1. The number of carbonyl (C=O) groups is 1. The van der Waals surface area contributed by atoms with Crippen molar-refractivity contribution in [2.45, 2.75) is 31.5 Å². The average molecular weight is 383 g/mol. The van der Waals surface area contributed by atoms with Gasteiger partial charge in [-0.15, -0.1) is 0 Å². The van der Waals surface area contributed by atoms with Crippen molar-refractivity contribution in [3.63, 3.8) is 0 Å². The molecule has 0 bridgehead atoms. The van der Waals surface area contributed by atoms with Crippen LogP contribution in [0.5, 0.6) is 11.5 Å². The number of anilines is 1. The van der Waals surface area contributed by atoms with E-state index in [9.17, 15) is 4.79 Å². The number of carbonyl (C=O) groups excluding carboxylic acids is 1. The molecule has 0 spiro atoms. The summed E-state index contributed by atoms with van der Waals surface area (Å²) >= 11 is 1.50. The number of hydrogen-bond donors (Lipinski definition) is 1. The van der Waals surface area contributed by atoms with Crippen LogP contribution in [-0.2, 0) is 6.42 Å². The fourth-order valence-corrected chi connectivity index (χ4v) is 3.85. The number of pyridine rings is 1. The summed E-state index contributed by atoms with van der Waals surface area (Å²) in [7, 11) is 0. The normalized spacial score (nSPS) is 15.4. The SMILES string of the molecule is CCOc1cc2c(cc1NC(=O)c1nc(SC)n3ccccc13)O[C@@H](C)C2. The molecule has 1 amide bonds. The lowest BCUT2D eigenvalue weighted by Gasteiger charge is -2.13. The molecule has 6 nitrogen and oxygen atoms in total. The lowest BCUT2D eigenvalue weighted by Crippen LogP contribution is -2.14. The lowest BCUT2D eigenvalue weighted by molar-refractivity contribution is 0.102. The molecule has 1 aliphatic heterocycles. The van der Waals surface area contributed by atoms with Gasteiger partial charge in [0.1, 0.15) is 17.6 Å². The minimum absolute atomic E-state index is 0.127. The van der Waals surface area contributed by atoms with Crippen LogP contribution in [0.1, 0.15) is 29.9 Å². The molecule has 1 aliphatic rings. The first-order valence-electron chi connectivity index (χ1n) is 8.89. The Morgan fingerprint density at radius 3 is 3.07 bits per heavy atom. The van der Waals surface area contributed by atoms with Crippen LogP contribution in [0.25, 0.3) is 5.52 Å². The number of nitrogens with one attached hydrogen (secondary N) is 1. The van der Waals surface area contributed by atoms with Crippen LogP contribution >= 0.6 is 11.8 Å². The topological polar surface area (TPSA) is 64.9 Å². The maximum atomic E-state index is 13.0. The fraction of sp³-hybridized carbons (Fsp3) is 0.300. The monoisotopic (exact) mass is 383 g/mol. The molecule has 0 aliphatic carbocycles. The Bertz CT molecular complexity index is 1020. The van der Waals surface area contributed by atoms with E-state index in [1.54, 1.807) is 0 Å². The molecule has 140 valence electrons. The number of amides is 1. The number of fused-ring (bicyclic) bond motifs is 2. The Morgan fingerprint density at radius 2 is 2.30 bits per heavy atom. The Hall–Kier alpha value is -2.67. The first-order valence-corrected chi connectivity index (χ1v) is 10.1. The van der Waals surface area contributed by atoms with Gasteiger partial charge in [-0.25, -0.2) is 4.98 Å². The van der Waals surface area contributed by atoms with E-state index >= 15 is 0 Å². The van der Waals surface area contributed by atoms with E-state index in [1.807, 2.05) is 61.0 Å². The molecule has 27 heavy (non-hydrogen) atoms. The maximum absolute atomic E-state index is 13.0. The van der Waals surface area contributed by atoms with Gasteiger partial charge in [0.15, 0.2) is 10.9 Å². The van der Waals surface area contributed by atoms with Crippen molar-refractivity contribution in [3.05, 3.63) is 47.8 Å². The summed E-state index contributed by atoms with van der Waals surface area (Å²) < 4.78 is 13.5. The quantitative estimate of drug-likeness (QED) is 0.674. The summed E-state index contributed by atoms with van der Waals surface area (Å²) in [5.74, 6) is 1.17. The van der Waals surface area contributed by atoms with Crippen LogP contribution in [0, 0.1) is 0 Å². The standard InChI is InChI=1S/C20H21N3O3S/c1-4-25-17-10-13-9-12(2)26-16(13)11-14(17)21-19(24)18-15-7-5-6-8-23(15)20(22-18)27-3/h5-8,10-12H,4,9H2,1-3H3,(H,21,24)/t12-/m0/s1. The van der Waals surface area contributed by atoms with E-state index in [4.69, 9.17) is 9.47 Å². The second-order valence-corrected chi connectivity index (χ2v) is 7.15. The second kappa shape index (κ2) is 7.15. The molecule has 3 aromatic rings. The molecule has 0 saturated carbocycles. The van der Waals surface area contributed by atoms with Crippen LogP contribution in [0.4, 0.5) is 5.69 Å². The smallest absolute Gasteiger partial charge is 0.276 e. The molecular weight excluding hydrogens is 362 g/mol. The van der Waals surface area contributed by atoms with Crippen molar-refractivity contribution in [2.75, 3.05) is 18.2 Å².